The van der Waals surface area contributed by atoms with Gasteiger partial charge in [-0.25, -0.2) is 4.79 Å². The summed E-state index contributed by atoms with van der Waals surface area (Å²) in [6.45, 7) is 9.15. The molecule has 0 bridgehead atoms. The molecule has 1 unspecified atom stereocenters. The van der Waals surface area contributed by atoms with Crippen LogP contribution >= 0.6 is 0 Å². The number of nitrogens with one attached hydrogen (secondary N) is 1. The van der Waals surface area contributed by atoms with Crippen LogP contribution in [0.3, 0.4) is 0 Å². The van der Waals surface area contributed by atoms with Gasteiger partial charge < -0.3 is 19.9 Å². The Labute approximate surface area is 169 Å². The number of hydrogen-bond acceptors (Lipinski definition) is 4. The van der Waals surface area contributed by atoms with E-state index < -0.39 is 17.7 Å². The van der Waals surface area contributed by atoms with Gasteiger partial charge in [0.1, 0.15) is 11.6 Å². The Morgan fingerprint density at radius 1 is 1.00 bits per heavy atom. The third-order valence-corrected chi connectivity index (χ3v) is 5.54. The van der Waals surface area contributed by atoms with Crippen LogP contribution < -0.4 is 5.32 Å². The summed E-state index contributed by atoms with van der Waals surface area (Å²) in [7, 11) is 0. The fourth-order valence-electron chi connectivity index (χ4n) is 3.96. The highest BCUT2D eigenvalue weighted by Crippen LogP contribution is 2.27. The topological polar surface area (TPSA) is 79.0 Å². The van der Waals surface area contributed by atoms with E-state index in [9.17, 15) is 14.4 Å². The molecule has 3 amide bonds. The lowest BCUT2D eigenvalue weighted by molar-refractivity contribution is -0.140. The molecule has 7 heteroatoms. The Bertz CT molecular complexity index is 544. The van der Waals surface area contributed by atoms with Crippen LogP contribution in [0.15, 0.2) is 0 Å². The predicted octanol–water partition coefficient (Wildman–Crippen LogP) is 2.93. The van der Waals surface area contributed by atoms with Gasteiger partial charge in [-0.05, 0) is 40.0 Å². The first-order valence-corrected chi connectivity index (χ1v) is 10.7. The van der Waals surface area contributed by atoms with Gasteiger partial charge in [-0.15, -0.1) is 0 Å². The summed E-state index contributed by atoms with van der Waals surface area (Å²) in [4.78, 5) is 40.5. The first kappa shape index (κ1) is 22.5. The number of piperazine rings is 1. The summed E-state index contributed by atoms with van der Waals surface area (Å²) in [5.74, 6) is 0.776. The molecule has 2 aliphatic rings. The Balaban J connectivity index is 1.70. The molecule has 160 valence electrons. The van der Waals surface area contributed by atoms with E-state index in [1.807, 2.05) is 4.90 Å². The van der Waals surface area contributed by atoms with E-state index in [-0.39, 0.29) is 11.8 Å². The molecule has 0 spiro atoms. The third-order valence-electron chi connectivity index (χ3n) is 5.54. The van der Waals surface area contributed by atoms with Crippen LogP contribution in [0.25, 0.3) is 0 Å². The molecular weight excluding hydrogens is 358 g/mol. The lowest BCUT2D eigenvalue weighted by atomic mass is 9.86. The van der Waals surface area contributed by atoms with E-state index in [4.69, 9.17) is 4.74 Å². The van der Waals surface area contributed by atoms with Crippen LogP contribution in [-0.4, -0.2) is 65.5 Å². The number of hydrogen-bond donors (Lipinski definition) is 1. The van der Waals surface area contributed by atoms with Gasteiger partial charge in [0.05, 0.1) is 0 Å². The first-order chi connectivity index (χ1) is 13.2. The Kier molecular flexibility index (Phi) is 8.13. The zero-order chi connectivity index (χ0) is 20.7. The van der Waals surface area contributed by atoms with Crippen LogP contribution in [-0.2, 0) is 14.3 Å². The van der Waals surface area contributed by atoms with Crippen LogP contribution in [0.1, 0.15) is 72.6 Å². The van der Waals surface area contributed by atoms with Crippen molar-refractivity contribution in [1.29, 1.82) is 0 Å². The normalized spacial score (nSPS) is 19.9. The van der Waals surface area contributed by atoms with E-state index in [0.29, 0.717) is 38.5 Å². The third kappa shape index (κ3) is 7.32. The van der Waals surface area contributed by atoms with Crippen molar-refractivity contribution in [2.24, 2.45) is 5.92 Å². The molecule has 7 nitrogen and oxygen atoms in total. The summed E-state index contributed by atoms with van der Waals surface area (Å²) in [6.07, 6.45) is 7.48. The summed E-state index contributed by atoms with van der Waals surface area (Å²) in [6, 6.07) is -0.650. The van der Waals surface area contributed by atoms with Crippen molar-refractivity contribution in [3.05, 3.63) is 0 Å². The molecule has 1 N–H and O–H groups in total. The maximum absolute atomic E-state index is 12.6. The molecule has 1 atom stereocenters. The molecule has 0 aromatic rings. The molecule has 2 rings (SSSR count). The second-order valence-electron chi connectivity index (χ2n) is 9.12. The van der Waals surface area contributed by atoms with Crippen LogP contribution in [0.4, 0.5) is 4.79 Å². The fourth-order valence-corrected chi connectivity index (χ4v) is 3.96. The van der Waals surface area contributed by atoms with Gasteiger partial charge in [0.25, 0.3) is 0 Å². The summed E-state index contributed by atoms with van der Waals surface area (Å²) in [5, 5.41) is 2.59. The minimum atomic E-state index is -0.650. The molecule has 1 aliphatic carbocycles. The van der Waals surface area contributed by atoms with Gasteiger partial charge in [0.15, 0.2) is 0 Å². The SMILES string of the molecule is CC(NC(=O)OC(C)(C)C)C(=O)N1CCN(C(=O)CCC2CCCCC2)CC1. The molecule has 1 heterocycles. The quantitative estimate of drug-likeness (QED) is 0.776. The molecule has 0 aromatic carbocycles. The summed E-state index contributed by atoms with van der Waals surface area (Å²) < 4.78 is 5.20. The number of carbonyl (C=O) groups excluding carboxylic acids is 3. The number of nitrogens with zero attached hydrogens (tertiary/aromatic N) is 2. The number of alkyl carbamates (subject to hydrolysis) is 1. The first-order valence-electron chi connectivity index (χ1n) is 10.7. The van der Waals surface area contributed by atoms with Gasteiger partial charge in [-0.1, -0.05) is 32.1 Å². The molecule has 28 heavy (non-hydrogen) atoms. The van der Waals surface area contributed by atoms with Gasteiger partial charge in [-0.3, -0.25) is 9.59 Å². The van der Waals surface area contributed by atoms with Crippen molar-refractivity contribution in [3.63, 3.8) is 0 Å². The number of ether oxygens (including phenoxy) is 1. The van der Waals surface area contributed by atoms with Crippen molar-refractivity contribution in [1.82, 2.24) is 15.1 Å². The molecule has 0 radical (unpaired) electrons. The van der Waals surface area contributed by atoms with Gasteiger partial charge in [-0.2, -0.15) is 0 Å². The van der Waals surface area contributed by atoms with E-state index >= 15 is 0 Å². The van der Waals surface area contributed by atoms with Crippen molar-refractivity contribution in [2.75, 3.05) is 26.2 Å². The summed E-state index contributed by atoms with van der Waals surface area (Å²) >= 11 is 0. The smallest absolute Gasteiger partial charge is 0.408 e. The fraction of sp³-hybridized carbons (Fsp3) is 0.857. The van der Waals surface area contributed by atoms with Crippen molar-refractivity contribution >= 4 is 17.9 Å². The zero-order valence-corrected chi connectivity index (χ0v) is 18.0. The highest BCUT2D eigenvalue weighted by atomic mass is 16.6. The standard InChI is InChI=1S/C21H37N3O4/c1-16(22-20(27)28-21(2,3)4)19(26)24-14-12-23(13-15-24)18(25)11-10-17-8-6-5-7-9-17/h16-17H,5-15H2,1-4H3,(H,22,27). The monoisotopic (exact) mass is 395 g/mol. The van der Waals surface area contributed by atoms with E-state index in [2.05, 4.69) is 5.32 Å². The van der Waals surface area contributed by atoms with E-state index in [1.54, 1.807) is 32.6 Å². The van der Waals surface area contributed by atoms with Crippen LogP contribution in [0, 0.1) is 5.92 Å². The largest absolute Gasteiger partial charge is 0.444 e. The van der Waals surface area contributed by atoms with Crippen molar-refractivity contribution in [3.8, 4) is 0 Å². The minimum Gasteiger partial charge on any atom is -0.444 e. The minimum absolute atomic E-state index is 0.139. The molecule has 1 saturated heterocycles. The second kappa shape index (κ2) is 10.1. The van der Waals surface area contributed by atoms with Gasteiger partial charge >= 0.3 is 6.09 Å². The molecule has 2 fully saturated rings. The molecule has 0 aromatic heterocycles. The van der Waals surface area contributed by atoms with Gasteiger partial charge in [0, 0.05) is 32.6 Å². The maximum atomic E-state index is 12.6. The zero-order valence-electron chi connectivity index (χ0n) is 18.0. The second-order valence-corrected chi connectivity index (χ2v) is 9.12. The number of amides is 3. The molecule has 1 aliphatic heterocycles. The summed E-state index contributed by atoms with van der Waals surface area (Å²) in [5.41, 5.74) is -0.601. The van der Waals surface area contributed by atoms with Crippen LogP contribution in [0.2, 0.25) is 0 Å². The Morgan fingerprint density at radius 3 is 2.14 bits per heavy atom. The highest BCUT2D eigenvalue weighted by molar-refractivity contribution is 5.85. The Hall–Kier alpha value is -1.79. The van der Waals surface area contributed by atoms with E-state index in [1.165, 1.54) is 32.1 Å². The Morgan fingerprint density at radius 2 is 1.57 bits per heavy atom. The number of carbonyl (C=O) groups is 3. The van der Waals surface area contributed by atoms with Gasteiger partial charge in [0.2, 0.25) is 11.8 Å². The van der Waals surface area contributed by atoms with E-state index in [0.717, 1.165) is 6.42 Å². The number of rotatable bonds is 5. The highest BCUT2D eigenvalue weighted by Gasteiger charge is 2.29. The van der Waals surface area contributed by atoms with Crippen molar-refractivity contribution < 1.29 is 19.1 Å². The lowest BCUT2D eigenvalue weighted by Gasteiger charge is -2.36. The molecular formula is C21H37N3O4. The predicted molar refractivity (Wildman–Crippen MR) is 108 cm³/mol. The molecule has 1 saturated carbocycles. The van der Waals surface area contributed by atoms with Crippen LogP contribution in [0.5, 0.6) is 0 Å². The maximum Gasteiger partial charge on any atom is 0.408 e. The lowest BCUT2D eigenvalue weighted by Crippen LogP contribution is -2.55. The average Bonchev–Trinajstić information content (AvgIpc) is 2.64. The average molecular weight is 396 g/mol. The van der Waals surface area contributed by atoms with Crippen molar-refractivity contribution in [2.45, 2.75) is 84.3 Å².